The lowest BCUT2D eigenvalue weighted by atomic mass is 10.0. The first-order valence-electron chi connectivity index (χ1n) is 7.38. The maximum Gasteiger partial charge on any atom is 0.240 e. The maximum atomic E-state index is 12.3. The van der Waals surface area contributed by atoms with Crippen molar-refractivity contribution >= 4 is 10.0 Å². The van der Waals surface area contributed by atoms with Gasteiger partial charge in [-0.15, -0.1) is 0 Å². The summed E-state index contributed by atoms with van der Waals surface area (Å²) in [5.41, 5.74) is 6.19. The van der Waals surface area contributed by atoms with Crippen LogP contribution in [0.5, 0.6) is 0 Å². The quantitative estimate of drug-likeness (QED) is 0.798. The highest BCUT2D eigenvalue weighted by Crippen LogP contribution is 2.24. The number of benzene rings is 1. The number of ether oxygens (including phenoxy) is 1. The smallest absolute Gasteiger partial charge is 0.240 e. The Morgan fingerprint density at radius 3 is 2.62 bits per heavy atom. The summed E-state index contributed by atoms with van der Waals surface area (Å²) in [7, 11) is -3.48. The number of nitrogens with one attached hydrogen (secondary N) is 1. The Labute approximate surface area is 126 Å². The number of hydrogen-bond acceptors (Lipinski definition) is 4. The molecule has 1 aromatic rings. The van der Waals surface area contributed by atoms with E-state index >= 15 is 0 Å². The zero-order valence-corrected chi connectivity index (χ0v) is 13.3. The average molecular weight is 312 g/mol. The predicted molar refractivity (Wildman–Crippen MR) is 82.6 cm³/mol. The van der Waals surface area contributed by atoms with Crippen molar-refractivity contribution in [3.05, 3.63) is 29.8 Å². The van der Waals surface area contributed by atoms with Gasteiger partial charge in [0.15, 0.2) is 0 Å². The van der Waals surface area contributed by atoms with Crippen LogP contribution in [0, 0.1) is 0 Å². The molecule has 0 spiro atoms. The molecule has 0 aliphatic carbocycles. The van der Waals surface area contributed by atoms with Crippen LogP contribution in [0.25, 0.3) is 0 Å². The fourth-order valence-electron chi connectivity index (χ4n) is 2.45. The second-order valence-corrected chi connectivity index (χ2v) is 7.53. The van der Waals surface area contributed by atoms with Gasteiger partial charge in [0.25, 0.3) is 0 Å². The molecule has 118 valence electrons. The summed E-state index contributed by atoms with van der Waals surface area (Å²) < 4.78 is 32.8. The first-order chi connectivity index (χ1) is 9.95. The van der Waals surface area contributed by atoms with Crippen LogP contribution in [0.4, 0.5) is 0 Å². The fraction of sp³-hybridized carbons (Fsp3) is 0.600. The van der Waals surface area contributed by atoms with Crippen LogP contribution in [-0.4, -0.2) is 33.7 Å². The molecule has 1 atom stereocenters. The number of nitrogens with two attached hydrogens (primary N) is 1. The minimum absolute atomic E-state index is 0.292. The number of aryl methyl sites for hydroxylation is 1. The highest BCUT2D eigenvalue weighted by Gasteiger charge is 2.31. The summed E-state index contributed by atoms with van der Waals surface area (Å²) in [5.74, 6) is 0. The van der Waals surface area contributed by atoms with Gasteiger partial charge in [-0.3, -0.25) is 0 Å². The normalized spacial score (nSPS) is 22.6. The fourth-order valence-corrected chi connectivity index (χ4v) is 3.61. The Morgan fingerprint density at radius 1 is 1.33 bits per heavy atom. The van der Waals surface area contributed by atoms with Crippen LogP contribution >= 0.6 is 0 Å². The SMILES string of the molecule is CC1(CNS(=O)(=O)c2ccc(CCCN)cc2)CCCO1. The summed E-state index contributed by atoms with van der Waals surface area (Å²) in [6, 6.07) is 6.98. The van der Waals surface area contributed by atoms with E-state index in [2.05, 4.69) is 4.72 Å². The molecule has 1 heterocycles. The van der Waals surface area contributed by atoms with Crippen LogP contribution in [0.2, 0.25) is 0 Å². The third-order valence-electron chi connectivity index (χ3n) is 3.84. The highest BCUT2D eigenvalue weighted by molar-refractivity contribution is 7.89. The van der Waals surface area contributed by atoms with Crippen molar-refractivity contribution in [2.75, 3.05) is 19.7 Å². The molecule has 3 N–H and O–H groups in total. The standard InChI is InChI=1S/C15H24N2O3S/c1-15(9-3-11-20-15)12-17-21(18,19)14-7-5-13(6-8-14)4-2-10-16/h5-8,17H,2-4,9-12,16H2,1H3. The summed E-state index contributed by atoms with van der Waals surface area (Å²) in [6.45, 7) is 3.59. The Bertz CT molecular complexity index is 549. The van der Waals surface area contributed by atoms with Crippen LogP contribution < -0.4 is 10.5 Å². The van der Waals surface area contributed by atoms with Crippen molar-refractivity contribution in [1.82, 2.24) is 4.72 Å². The highest BCUT2D eigenvalue weighted by atomic mass is 32.2. The maximum absolute atomic E-state index is 12.3. The molecular formula is C15H24N2O3S. The van der Waals surface area contributed by atoms with Crippen molar-refractivity contribution in [2.45, 2.75) is 43.1 Å². The summed E-state index contributed by atoms with van der Waals surface area (Å²) in [6.07, 6.45) is 3.64. The molecule has 1 aliphatic heterocycles. The molecule has 0 radical (unpaired) electrons. The molecule has 0 bridgehead atoms. The van der Waals surface area contributed by atoms with Gasteiger partial charge in [0.05, 0.1) is 10.5 Å². The molecule has 21 heavy (non-hydrogen) atoms. The van der Waals surface area contributed by atoms with Crippen molar-refractivity contribution in [1.29, 1.82) is 0 Å². The number of rotatable bonds is 7. The Kier molecular flexibility index (Phi) is 5.37. The van der Waals surface area contributed by atoms with Gasteiger partial charge >= 0.3 is 0 Å². The average Bonchev–Trinajstić information content (AvgIpc) is 2.91. The van der Waals surface area contributed by atoms with Gasteiger partial charge in [-0.05, 0) is 56.8 Å². The van der Waals surface area contributed by atoms with E-state index < -0.39 is 10.0 Å². The topological polar surface area (TPSA) is 81.4 Å². The lowest BCUT2D eigenvalue weighted by molar-refractivity contribution is 0.0250. The van der Waals surface area contributed by atoms with Gasteiger partial charge in [-0.2, -0.15) is 0 Å². The van der Waals surface area contributed by atoms with Gasteiger partial charge < -0.3 is 10.5 Å². The molecule has 5 nitrogen and oxygen atoms in total. The molecular weight excluding hydrogens is 288 g/mol. The van der Waals surface area contributed by atoms with Crippen LogP contribution in [-0.2, 0) is 21.2 Å². The summed E-state index contributed by atoms with van der Waals surface area (Å²) >= 11 is 0. The van der Waals surface area contributed by atoms with Gasteiger partial charge in [-0.25, -0.2) is 13.1 Å². The lowest BCUT2D eigenvalue weighted by Crippen LogP contribution is -2.40. The minimum Gasteiger partial charge on any atom is -0.374 e. The predicted octanol–water partition coefficient (Wildman–Crippen LogP) is 1.43. The molecule has 0 amide bonds. The molecule has 1 unspecified atom stereocenters. The van der Waals surface area contributed by atoms with Gasteiger partial charge in [-0.1, -0.05) is 12.1 Å². The van der Waals surface area contributed by atoms with E-state index in [0.717, 1.165) is 31.2 Å². The number of sulfonamides is 1. The van der Waals surface area contributed by atoms with Gasteiger partial charge in [0, 0.05) is 13.2 Å². The molecule has 1 aromatic carbocycles. The van der Waals surface area contributed by atoms with Crippen LogP contribution in [0.15, 0.2) is 29.2 Å². The molecule has 2 rings (SSSR count). The first-order valence-corrected chi connectivity index (χ1v) is 8.86. The van der Waals surface area contributed by atoms with Crippen LogP contribution in [0.1, 0.15) is 31.7 Å². The van der Waals surface area contributed by atoms with Crippen molar-refractivity contribution in [3.63, 3.8) is 0 Å². The van der Waals surface area contributed by atoms with Gasteiger partial charge in [0.1, 0.15) is 0 Å². The largest absolute Gasteiger partial charge is 0.374 e. The molecule has 1 aliphatic rings. The second kappa shape index (κ2) is 6.87. The summed E-state index contributed by atoms with van der Waals surface area (Å²) in [4.78, 5) is 0.292. The molecule has 6 heteroatoms. The van der Waals surface area contributed by atoms with E-state index in [1.165, 1.54) is 0 Å². The lowest BCUT2D eigenvalue weighted by Gasteiger charge is -2.23. The number of hydrogen-bond donors (Lipinski definition) is 2. The van der Waals surface area contributed by atoms with Crippen molar-refractivity contribution < 1.29 is 13.2 Å². The van der Waals surface area contributed by atoms with E-state index in [9.17, 15) is 8.42 Å². The molecule has 1 fully saturated rings. The van der Waals surface area contributed by atoms with Crippen molar-refractivity contribution in [2.24, 2.45) is 5.73 Å². The third-order valence-corrected chi connectivity index (χ3v) is 5.26. The first kappa shape index (κ1) is 16.4. The Hall–Kier alpha value is -0.950. The zero-order chi connectivity index (χ0) is 15.3. The Balaban J connectivity index is 1.98. The van der Waals surface area contributed by atoms with E-state index in [4.69, 9.17) is 10.5 Å². The van der Waals surface area contributed by atoms with E-state index in [1.54, 1.807) is 12.1 Å². The van der Waals surface area contributed by atoms with E-state index in [1.807, 2.05) is 19.1 Å². The minimum atomic E-state index is -3.48. The molecule has 0 aromatic heterocycles. The van der Waals surface area contributed by atoms with E-state index in [0.29, 0.717) is 24.6 Å². The molecule has 0 saturated carbocycles. The van der Waals surface area contributed by atoms with Crippen molar-refractivity contribution in [3.8, 4) is 0 Å². The van der Waals surface area contributed by atoms with E-state index in [-0.39, 0.29) is 5.60 Å². The van der Waals surface area contributed by atoms with Gasteiger partial charge in [0.2, 0.25) is 10.0 Å². The Morgan fingerprint density at radius 2 is 2.05 bits per heavy atom. The molecule has 1 saturated heterocycles. The zero-order valence-electron chi connectivity index (χ0n) is 12.5. The monoisotopic (exact) mass is 312 g/mol. The summed E-state index contributed by atoms with van der Waals surface area (Å²) in [5, 5.41) is 0. The third kappa shape index (κ3) is 4.51. The van der Waals surface area contributed by atoms with Crippen LogP contribution in [0.3, 0.4) is 0 Å². The second-order valence-electron chi connectivity index (χ2n) is 5.76.